The standard InChI is InChI=1S/C17H25F2NO/c1-11-4-5-14(10-12(11)2)16(20-3)13-6-8-15(9-7-13)21-17(18)19/h6-9,11-12,14,16-17,20H,4-5,10H2,1-3H3. The molecule has 118 valence electrons. The molecule has 0 aliphatic heterocycles. The maximum absolute atomic E-state index is 12.2. The number of benzene rings is 1. The molecule has 0 heterocycles. The van der Waals surface area contributed by atoms with Gasteiger partial charge >= 0.3 is 6.61 Å². The lowest BCUT2D eigenvalue weighted by Crippen LogP contribution is -2.31. The number of ether oxygens (including phenoxy) is 1. The monoisotopic (exact) mass is 297 g/mol. The van der Waals surface area contributed by atoms with E-state index in [4.69, 9.17) is 0 Å². The average Bonchev–Trinajstić information content (AvgIpc) is 2.45. The summed E-state index contributed by atoms with van der Waals surface area (Å²) in [5.41, 5.74) is 1.14. The molecule has 1 saturated carbocycles. The molecule has 0 spiro atoms. The summed E-state index contributed by atoms with van der Waals surface area (Å²) in [5, 5.41) is 3.39. The van der Waals surface area contributed by atoms with Gasteiger partial charge in [0.1, 0.15) is 5.75 Å². The molecule has 2 rings (SSSR count). The van der Waals surface area contributed by atoms with Crippen LogP contribution >= 0.6 is 0 Å². The predicted molar refractivity (Wildman–Crippen MR) is 80.5 cm³/mol. The Hall–Kier alpha value is -1.16. The smallest absolute Gasteiger partial charge is 0.387 e. The number of hydrogen-bond donors (Lipinski definition) is 1. The fraction of sp³-hybridized carbons (Fsp3) is 0.647. The molecule has 1 aromatic rings. The van der Waals surface area contributed by atoms with E-state index in [0.29, 0.717) is 5.92 Å². The van der Waals surface area contributed by atoms with Crippen molar-refractivity contribution in [2.24, 2.45) is 17.8 Å². The molecule has 1 N–H and O–H groups in total. The molecule has 1 aliphatic rings. The zero-order valence-electron chi connectivity index (χ0n) is 13.0. The van der Waals surface area contributed by atoms with Crippen LogP contribution in [0.15, 0.2) is 24.3 Å². The molecule has 1 aliphatic carbocycles. The molecule has 0 saturated heterocycles. The first-order valence-corrected chi connectivity index (χ1v) is 7.73. The summed E-state index contributed by atoms with van der Waals surface area (Å²) < 4.78 is 28.8. The van der Waals surface area contributed by atoms with E-state index >= 15 is 0 Å². The van der Waals surface area contributed by atoms with Gasteiger partial charge in [0.05, 0.1) is 0 Å². The lowest BCUT2D eigenvalue weighted by Gasteiger charge is -2.37. The Morgan fingerprint density at radius 1 is 1.10 bits per heavy atom. The Morgan fingerprint density at radius 2 is 1.76 bits per heavy atom. The highest BCUT2D eigenvalue weighted by Crippen LogP contribution is 2.39. The summed E-state index contributed by atoms with van der Waals surface area (Å²) in [6.45, 7) is 1.88. The van der Waals surface area contributed by atoms with Gasteiger partial charge in [-0.2, -0.15) is 8.78 Å². The van der Waals surface area contributed by atoms with E-state index < -0.39 is 6.61 Å². The first-order valence-electron chi connectivity index (χ1n) is 7.73. The van der Waals surface area contributed by atoms with Crippen molar-refractivity contribution < 1.29 is 13.5 Å². The Bertz CT molecular complexity index is 435. The third-order valence-electron chi connectivity index (χ3n) is 4.89. The zero-order valence-corrected chi connectivity index (χ0v) is 13.0. The highest BCUT2D eigenvalue weighted by Gasteiger charge is 2.30. The lowest BCUT2D eigenvalue weighted by molar-refractivity contribution is -0.0498. The highest BCUT2D eigenvalue weighted by molar-refractivity contribution is 5.29. The van der Waals surface area contributed by atoms with Gasteiger partial charge < -0.3 is 10.1 Å². The largest absolute Gasteiger partial charge is 0.435 e. The molecule has 0 aromatic heterocycles. The summed E-state index contributed by atoms with van der Waals surface area (Å²) in [6, 6.07) is 7.31. The average molecular weight is 297 g/mol. The van der Waals surface area contributed by atoms with Crippen LogP contribution in [0.2, 0.25) is 0 Å². The van der Waals surface area contributed by atoms with E-state index in [9.17, 15) is 8.78 Å². The fourth-order valence-corrected chi connectivity index (χ4v) is 3.42. The lowest BCUT2D eigenvalue weighted by atomic mass is 9.72. The number of hydrogen-bond acceptors (Lipinski definition) is 2. The van der Waals surface area contributed by atoms with Crippen LogP contribution in [0.5, 0.6) is 5.75 Å². The minimum absolute atomic E-state index is 0.217. The summed E-state index contributed by atoms with van der Waals surface area (Å²) in [4.78, 5) is 0. The summed E-state index contributed by atoms with van der Waals surface area (Å²) in [7, 11) is 1.97. The van der Waals surface area contributed by atoms with Crippen LogP contribution in [0.1, 0.15) is 44.7 Å². The topological polar surface area (TPSA) is 21.3 Å². The maximum Gasteiger partial charge on any atom is 0.387 e. The third-order valence-corrected chi connectivity index (χ3v) is 4.89. The van der Waals surface area contributed by atoms with Crippen molar-refractivity contribution in [3.8, 4) is 5.75 Å². The second-order valence-electron chi connectivity index (χ2n) is 6.24. The predicted octanol–water partition coefficient (Wildman–Crippen LogP) is 4.62. The molecule has 21 heavy (non-hydrogen) atoms. The summed E-state index contributed by atoms with van der Waals surface area (Å²) in [5.74, 6) is 2.35. The Kier molecular flexibility index (Phi) is 5.57. The Morgan fingerprint density at radius 3 is 2.29 bits per heavy atom. The van der Waals surface area contributed by atoms with Gasteiger partial charge in [0.15, 0.2) is 0 Å². The SMILES string of the molecule is CNC(c1ccc(OC(F)F)cc1)C1CCC(C)C(C)C1. The van der Waals surface area contributed by atoms with Crippen LogP contribution < -0.4 is 10.1 Å². The highest BCUT2D eigenvalue weighted by atomic mass is 19.3. The van der Waals surface area contributed by atoms with Crippen molar-refractivity contribution in [2.45, 2.75) is 45.8 Å². The quantitative estimate of drug-likeness (QED) is 0.856. The molecule has 4 atom stereocenters. The molecule has 0 bridgehead atoms. The molecule has 1 aromatic carbocycles. The van der Waals surface area contributed by atoms with Crippen LogP contribution in [-0.4, -0.2) is 13.7 Å². The van der Waals surface area contributed by atoms with Crippen LogP contribution in [0.4, 0.5) is 8.78 Å². The molecule has 4 heteroatoms. The fourth-order valence-electron chi connectivity index (χ4n) is 3.42. The summed E-state index contributed by atoms with van der Waals surface area (Å²) >= 11 is 0. The summed E-state index contributed by atoms with van der Waals surface area (Å²) in [6.07, 6.45) is 3.69. The molecule has 2 nitrogen and oxygen atoms in total. The van der Waals surface area contributed by atoms with Crippen molar-refractivity contribution >= 4 is 0 Å². The van der Waals surface area contributed by atoms with Gasteiger partial charge in [-0.3, -0.25) is 0 Å². The van der Waals surface area contributed by atoms with E-state index in [1.54, 1.807) is 12.1 Å². The van der Waals surface area contributed by atoms with E-state index in [-0.39, 0.29) is 11.8 Å². The number of halogens is 2. The van der Waals surface area contributed by atoms with Gasteiger partial charge in [0.25, 0.3) is 0 Å². The molecule has 1 fully saturated rings. The first-order chi connectivity index (χ1) is 10.0. The van der Waals surface area contributed by atoms with Gasteiger partial charge in [0, 0.05) is 6.04 Å². The van der Waals surface area contributed by atoms with E-state index in [1.165, 1.54) is 19.3 Å². The van der Waals surface area contributed by atoms with Crippen LogP contribution in [0, 0.1) is 17.8 Å². The second-order valence-corrected chi connectivity index (χ2v) is 6.24. The van der Waals surface area contributed by atoms with Gasteiger partial charge in [-0.1, -0.05) is 32.4 Å². The van der Waals surface area contributed by atoms with Crippen LogP contribution in [0.3, 0.4) is 0 Å². The minimum Gasteiger partial charge on any atom is -0.435 e. The number of nitrogens with one attached hydrogen (secondary N) is 1. The van der Waals surface area contributed by atoms with Gasteiger partial charge in [0.2, 0.25) is 0 Å². The molecular formula is C17H25F2NO. The van der Waals surface area contributed by atoms with Crippen molar-refractivity contribution in [3.63, 3.8) is 0 Å². The Labute approximate surface area is 125 Å². The second kappa shape index (κ2) is 7.21. The molecule has 0 radical (unpaired) electrons. The molecule has 4 unspecified atom stereocenters. The van der Waals surface area contributed by atoms with E-state index in [2.05, 4.69) is 23.9 Å². The minimum atomic E-state index is -2.77. The van der Waals surface area contributed by atoms with Crippen LogP contribution in [-0.2, 0) is 0 Å². The number of rotatable bonds is 5. The molecular weight excluding hydrogens is 272 g/mol. The van der Waals surface area contributed by atoms with Crippen molar-refractivity contribution in [2.75, 3.05) is 7.05 Å². The number of alkyl halides is 2. The normalized spacial score (nSPS) is 27.6. The zero-order chi connectivity index (χ0) is 15.4. The maximum atomic E-state index is 12.2. The third kappa shape index (κ3) is 4.16. The van der Waals surface area contributed by atoms with E-state index in [0.717, 1.165) is 17.4 Å². The van der Waals surface area contributed by atoms with E-state index in [1.807, 2.05) is 19.2 Å². The van der Waals surface area contributed by atoms with Gasteiger partial charge in [-0.15, -0.1) is 0 Å². The Balaban J connectivity index is 2.06. The van der Waals surface area contributed by atoms with Crippen LogP contribution in [0.25, 0.3) is 0 Å². The molecule has 0 amide bonds. The van der Waals surface area contributed by atoms with Gasteiger partial charge in [-0.05, 0) is 55.3 Å². The van der Waals surface area contributed by atoms with Gasteiger partial charge in [-0.25, -0.2) is 0 Å². The van der Waals surface area contributed by atoms with Crippen molar-refractivity contribution in [1.29, 1.82) is 0 Å². The van der Waals surface area contributed by atoms with Crippen molar-refractivity contribution in [1.82, 2.24) is 5.32 Å². The first kappa shape index (κ1) is 16.2. The van der Waals surface area contributed by atoms with Crippen molar-refractivity contribution in [3.05, 3.63) is 29.8 Å².